The van der Waals surface area contributed by atoms with E-state index in [0.29, 0.717) is 18.1 Å². The first-order valence-electron chi connectivity index (χ1n) is 11.1. The number of carbonyl (C=O) groups is 1. The average molecular weight is 409 g/mol. The number of benzene rings is 2. The number of hydrogen-bond donors (Lipinski definition) is 0. The van der Waals surface area contributed by atoms with Crippen molar-refractivity contribution >= 4 is 6.47 Å². The Bertz CT molecular complexity index is 849. The maximum absolute atomic E-state index is 10.7. The molecule has 0 saturated heterocycles. The lowest BCUT2D eigenvalue weighted by Crippen LogP contribution is -2.41. The molecule has 30 heavy (non-hydrogen) atoms. The van der Waals surface area contributed by atoms with Crippen LogP contribution in [0.1, 0.15) is 78.4 Å². The Labute approximate surface area is 181 Å². The molecule has 1 saturated carbocycles. The Balaban J connectivity index is 2.03. The van der Waals surface area contributed by atoms with Crippen molar-refractivity contribution in [2.45, 2.75) is 78.2 Å². The second-order valence-electron chi connectivity index (χ2n) is 10.4. The van der Waals surface area contributed by atoms with Crippen LogP contribution in [0.2, 0.25) is 0 Å². The van der Waals surface area contributed by atoms with Gasteiger partial charge in [-0.15, -0.1) is 0 Å². The van der Waals surface area contributed by atoms with Crippen molar-refractivity contribution in [3.63, 3.8) is 0 Å². The van der Waals surface area contributed by atoms with Gasteiger partial charge < -0.3 is 9.47 Å². The molecule has 0 amide bonds. The molecule has 1 aliphatic carbocycles. The van der Waals surface area contributed by atoms with Crippen LogP contribution in [0.4, 0.5) is 0 Å². The fourth-order valence-electron chi connectivity index (χ4n) is 5.32. The van der Waals surface area contributed by atoms with Gasteiger partial charge in [0.25, 0.3) is 6.47 Å². The van der Waals surface area contributed by atoms with Crippen molar-refractivity contribution in [3.05, 3.63) is 59.7 Å². The van der Waals surface area contributed by atoms with Gasteiger partial charge in [0.05, 0.1) is 0 Å². The number of rotatable bonds is 7. The van der Waals surface area contributed by atoms with E-state index in [1.165, 1.54) is 17.5 Å². The van der Waals surface area contributed by atoms with Crippen LogP contribution in [0.25, 0.3) is 0 Å². The van der Waals surface area contributed by atoms with E-state index in [2.05, 4.69) is 77.9 Å². The van der Waals surface area contributed by atoms with Crippen molar-refractivity contribution in [1.29, 1.82) is 0 Å². The first-order chi connectivity index (χ1) is 14.1. The van der Waals surface area contributed by atoms with Gasteiger partial charge in [-0.25, -0.2) is 0 Å². The lowest BCUT2D eigenvalue weighted by molar-refractivity contribution is -0.120. The minimum Gasteiger partial charge on any atom is -0.488 e. The summed E-state index contributed by atoms with van der Waals surface area (Å²) in [5.74, 6) is 2.12. The third kappa shape index (κ3) is 4.88. The van der Waals surface area contributed by atoms with Crippen LogP contribution in [0.15, 0.2) is 48.5 Å². The summed E-state index contributed by atoms with van der Waals surface area (Å²) in [5, 5.41) is 0. The second kappa shape index (κ2) is 8.45. The average Bonchev–Trinajstić information content (AvgIpc) is 2.67. The Morgan fingerprint density at radius 3 is 1.97 bits per heavy atom. The lowest BCUT2D eigenvalue weighted by atomic mass is 9.55. The van der Waals surface area contributed by atoms with Gasteiger partial charge in [0.15, 0.2) is 0 Å². The summed E-state index contributed by atoms with van der Waals surface area (Å²) >= 11 is 0. The van der Waals surface area contributed by atoms with Gasteiger partial charge in [-0.2, -0.15) is 0 Å². The Kier molecular flexibility index (Phi) is 6.31. The van der Waals surface area contributed by atoms with Crippen LogP contribution in [-0.2, 0) is 10.2 Å². The Hall–Kier alpha value is -2.29. The molecule has 1 aliphatic rings. The predicted octanol–water partition coefficient (Wildman–Crippen LogP) is 6.92. The monoisotopic (exact) mass is 408 g/mol. The summed E-state index contributed by atoms with van der Waals surface area (Å²) in [4.78, 5) is 10.7. The highest BCUT2D eigenvalue weighted by atomic mass is 16.5. The van der Waals surface area contributed by atoms with Crippen LogP contribution >= 0.6 is 0 Å². The van der Waals surface area contributed by atoms with Crippen LogP contribution < -0.4 is 9.47 Å². The largest absolute Gasteiger partial charge is 0.488 e. The maximum atomic E-state index is 10.7. The highest BCUT2D eigenvalue weighted by Gasteiger charge is 2.45. The minimum atomic E-state index is -0.172. The fraction of sp³-hybridized carbons (Fsp3) is 0.519. The molecule has 1 fully saturated rings. The molecule has 162 valence electrons. The molecule has 2 aromatic rings. The quantitative estimate of drug-likeness (QED) is 0.466. The molecular weight excluding hydrogens is 372 g/mol. The minimum absolute atomic E-state index is 0.0698. The summed E-state index contributed by atoms with van der Waals surface area (Å²) in [6.07, 6.45) is 4.37. The fourth-order valence-corrected chi connectivity index (χ4v) is 5.32. The van der Waals surface area contributed by atoms with Gasteiger partial charge in [-0.1, -0.05) is 52.0 Å². The first kappa shape index (κ1) is 22.4. The zero-order chi connectivity index (χ0) is 22.0. The molecule has 0 spiro atoms. The van der Waals surface area contributed by atoms with E-state index in [1.54, 1.807) is 0 Å². The summed E-state index contributed by atoms with van der Waals surface area (Å²) in [7, 11) is 0. The SMILES string of the molecule is CCC(C)(C)Oc1ccc(C2(c3ccc(OC=O)cc3)CC(C)CC(C)(C)C2)cc1. The normalized spacial score (nSPS) is 23.6. The van der Waals surface area contributed by atoms with E-state index in [9.17, 15) is 4.79 Å². The first-order valence-corrected chi connectivity index (χ1v) is 11.1. The third-order valence-corrected chi connectivity index (χ3v) is 6.62. The Morgan fingerprint density at radius 1 is 0.967 bits per heavy atom. The molecule has 2 atom stereocenters. The summed E-state index contributed by atoms with van der Waals surface area (Å²) in [5.41, 5.74) is 2.61. The number of carbonyl (C=O) groups excluding carboxylic acids is 1. The van der Waals surface area contributed by atoms with Gasteiger partial charge in [0, 0.05) is 5.41 Å². The Morgan fingerprint density at radius 2 is 1.50 bits per heavy atom. The van der Waals surface area contributed by atoms with Crippen LogP contribution in [-0.4, -0.2) is 12.1 Å². The molecule has 2 aromatic carbocycles. The van der Waals surface area contributed by atoms with Crippen LogP contribution in [0, 0.1) is 11.3 Å². The molecule has 3 nitrogen and oxygen atoms in total. The summed E-state index contributed by atoms with van der Waals surface area (Å²) in [6.45, 7) is 14.0. The van der Waals surface area contributed by atoms with E-state index in [1.807, 2.05) is 12.1 Å². The van der Waals surface area contributed by atoms with Gasteiger partial charge >= 0.3 is 0 Å². The molecule has 0 N–H and O–H groups in total. The van der Waals surface area contributed by atoms with E-state index in [-0.39, 0.29) is 16.4 Å². The van der Waals surface area contributed by atoms with Crippen molar-refractivity contribution in [2.75, 3.05) is 0 Å². The molecule has 0 aliphatic heterocycles. The van der Waals surface area contributed by atoms with Gasteiger partial charge in [0.1, 0.15) is 17.1 Å². The van der Waals surface area contributed by atoms with E-state index in [0.717, 1.165) is 25.0 Å². The summed E-state index contributed by atoms with van der Waals surface area (Å²) < 4.78 is 11.2. The standard InChI is InChI=1S/C27H36O3/c1-7-26(5,6)30-24-14-10-22(11-15-24)27(17-20(2)16-25(3,4)18-27)21-8-12-23(13-9-21)29-19-28/h8-15,19-20H,7,16-18H2,1-6H3. The van der Waals surface area contributed by atoms with Crippen molar-refractivity contribution in [3.8, 4) is 11.5 Å². The third-order valence-electron chi connectivity index (χ3n) is 6.62. The van der Waals surface area contributed by atoms with Crippen LogP contribution in [0.3, 0.4) is 0 Å². The molecule has 3 rings (SSSR count). The molecule has 3 heteroatoms. The van der Waals surface area contributed by atoms with E-state index in [4.69, 9.17) is 9.47 Å². The van der Waals surface area contributed by atoms with E-state index < -0.39 is 0 Å². The molecular formula is C27H36O3. The van der Waals surface area contributed by atoms with Gasteiger partial charge in [-0.3, -0.25) is 4.79 Å². The van der Waals surface area contributed by atoms with Crippen LogP contribution in [0.5, 0.6) is 11.5 Å². The highest BCUT2D eigenvalue weighted by Crippen LogP contribution is 2.53. The second-order valence-corrected chi connectivity index (χ2v) is 10.4. The predicted molar refractivity (Wildman–Crippen MR) is 122 cm³/mol. The molecule has 2 unspecified atom stereocenters. The molecule has 0 aromatic heterocycles. The highest BCUT2D eigenvalue weighted by molar-refractivity contribution is 5.48. The maximum Gasteiger partial charge on any atom is 0.298 e. The lowest BCUT2D eigenvalue weighted by Gasteiger charge is -2.48. The van der Waals surface area contributed by atoms with Crippen molar-refractivity contribution in [2.24, 2.45) is 11.3 Å². The zero-order valence-corrected chi connectivity index (χ0v) is 19.3. The van der Waals surface area contributed by atoms with Gasteiger partial charge in [0.2, 0.25) is 0 Å². The van der Waals surface area contributed by atoms with Gasteiger partial charge in [-0.05, 0) is 86.3 Å². The molecule has 0 bridgehead atoms. The summed E-state index contributed by atoms with van der Waals surface area (Å²) in [6, 6.07) is 16.8. The number of ether oxygens (including phenoxy) is 2. The topological polar surface area (TPSA) is 35.5 Å². The van der Waals surface area contributed by atoms with Crippen molar-refractivity contribution < 1.29 is 14.3 Å². The number of hydrogen-bond acceptors (Lipinski definition) is 3. The molecule has 0 radical (unpaired) electrons. The molecule has 0 heterocycles. The smallest absolute Gasteiger partial charge is 0.298 e. The van der Waals surface area contributed by atoms with E-state index >= 15 is 0 Å². The zero-order valence-electron chi connectivity index (χ0n) is 19.3. The van der Waals surface area contributed by atoms with Crippen molar-refractivity contribution in [1.82, 2.24) is 0 Å².